The van der Waals surface area contributed by atoms with Crippen molar-refractivity contribution in [2.75, 3.05) is 36.5 Å². The zero-order chi connectivity index (χ0) is 19.8. The van der Waals surface area contributed by atoms with E-state index < -0.39 is 6.23 Å². The maximum atomic E-state index is 9.71. The number of nitrogens with zero attached hydrogens (tertiary/aromatic N) is 5. The Kier molecular flexibility index (Phi) is 7.63. The van der Waals surface area contributed by atoms with Crippen LogP contribution in [0.2, 0.25) is 0 Å². The normalized spacial score (nSPS) is 12.1. The van der Waals surface area contributed by atoms with Crippen molar-refractivity contribution in [2.24, 2.45) is 10.2 Å². The molecule has 1 aromatic carbocycles. The van der Waals surface area contributed by atoms with E-state index >= 15 is 0 Å². The topological polar surface area (TPSA) is 137 Å². The van der Waals surface area contributed by atoms with E-state index in [1.807, 2.05) is 4.90 Å². The van der Waals surface area contributed by atoms with Gasteiger partial charge >= 0.3 is 0 Å². The first-order valence-electron chi connectivity index (χ1n) is 8.33. The van der Waals surface area contributed by atoms with Crippen molar-refractivity contribution in [3.8, 4) is 6.07 Å². The Labute approximate surface area is 161 Å². The van der Waals surface area contributed by atoms with Crippen molar-refractivity contribution in [1.29, 1.82) is 5.26 Å². The van der Waals surface area contributed by atoms with Gasteiger partial charge in [-0.2, -0.15) is 9.64 Å². The van der Waals surface area contributed by atoms with E-state index in [-0.39, 0.29) is 13.2 Å². The predicted molar refractivity (Wildman–Crippen MR) is 104 cm³/mol. The molecule has 1 unspecified atom stereocenters. The number of hydrogen-bond acceptors (Lipinski definition) is 10. The highest BCUT2D eigenvalue weighted by Gasteiger charge is 2.12. The number of nitrogens with one attached hydrogen (secondary N) is 1. The van der Waals surface area contributed by atoms with Crippen LogP contribution >= 0.6 is 11.5 Å². The lowest BCUT2D eigenvalue weighted by molar-refractivity contribution is 0.224. The Bertz CT molecular complexity index is 825. The molecule has 1 heterocycles. The van der Waals surface area contributed by atoms with Crippen molar-refractivity contribution in [2.45, 2.75) is 20.1 Å². The molecule has 0 fully saturated rings. The zero-order valence-electron chi connectivity index (χ0n) is 15.1. The second kappa shape index (κ2) is 9.94. The lowest BCUT2D eigenvalue weighted by Gasteiger charge is -2.24. The van der Waals surface area contributed by atoms with E-state index in [4.69, 9.17) is 0 Å². The van der Waals surface area contributed by atoms with Crippen LogP contribution in [-0.2, 0) is 0 Å². The molecule has 0 aliphatic rings. The summed E-state index contributed by atoms with van der Waals surface area (Å²) in [5.74, 6) is 0. The molecule has 0 aliphatic heterocycles. The number of nitriles is 1. The molecule has 144 valence electrons. The van der Waals surface area contributed by atoms with Crippen LogP contribution in [0.5, 0.6) is 0 Å². The molecular weight excluding hydrogens is 368 g/mol. The number of aromatic nitrogens is 1. The van der Waals surface area contributed by atoms with Crippen LogP contribution in [0.15, 0.2) is 28.4 Å². The van der Waals surface area contributed by atoms with E-state index in [0.717, 1.165) is 17.2 Å². The lowest BCUT2D eigenvalue weighted by Crippen LogP contribution is -2.29. The first kappa shape index (κ1) is 20.7. The fraction of sp³-hybridized carbons (Fsp3) is 0.412. The third-order valence-corrected chi connectivity index (χ3v) is 4.48. The molecule has 1 atom stereocenters. The molecule has 9 nitrogen and oxygen atoms in total. The van der Waals surface area contributed by atoms with E-state index in [1.54, 1.807) is 32.0 Å². The summed E-state index contributed by atoms with van der Waals surface area (Å²) in [5, 5.41) is 49.0. The monoisotopic (exact) mass is 390 g/mol. The molecule has 0 radical (unpaired) electrons. The van der Waals surface area contributed by atoms with Crippen molar-refractivity contribution < 1.29 is 15.3 Å². The Balaban J connectivity index is 2.37. The van der Waals surface area contributed by atoms with Crippen LogP contribution in [0.25, 0.3) is 0 Å². The summed E-state index contributed by atoms with van der Waals surface area (Å²) in [6, 6.07) is 7.32. The minimum Gasteiger partial charge on any atom is -0.395 e. The summed E-state index contributed by atoms with van der Waals surface area (Å²) in [5.41, 5.74) is 2.77. The third-order valence-electron chi connectivity index (χ3n) is 3.65. The van der Waals surface area contributed by atoms with Crippen LogP contribution in [0.4, 0.5) is 22.1 Å². The quantitative estimate of drug-likeness (QED) is 0.381. The molecule has 0 saturated heterocycles. The number of anilines is 2. The molecule has 27 heavy (non-hydrogen) atoms. The maximum Gasteiger partial charge on any atom is 0.176 e. The van der Waals surface area contributed by atoms with Crippen LogP contribution in [0.1, 0.15) is 18.2 Å². The van der Waals surface area contributed by atoms with Gasteiger partial charge in [-0.3, -0.25) is 0 Å². The van der Waals surface area contributed by atoms with Gasteiger partial charge in [0.1, 0.15) is 23.5 Å². The summed E-state index contributed by atoms with van der Waals surface area (Å²) >= 11 is 1.09. The van der Waals surface area contributed by atoms with Crippen LogP contribution in [0.3, 0.4) is 0 Å². The highest BCUT2D eigenvalue weighted by Crippen LogP contribution is 2.34. The van der Waals surface area contributed by atoms with Crippen LogP contribution < -0.4 is 10.2 Å². The van der Waals surface area contributed by atoms with Gasteiger partial charge in [0.15, 0.2) is 5.00 Å². The van der Waals surface area contributed by atoms with Gasteiger partial charge in [0.05, 0.1) is 24.6 Å². The van der Waals surface area contributed by atoms with Crippen LogP contribution in [0, 0.1) is 18.3 Å². The predicted octanol–water partition coefficient (Wildman–Crippen LogP) is 2.28. The largest absolute Gasteiger partial charge is 0.395 e. The summed E-state index contributed by atoms with van der Waals surface area (Å²) < 4.78 is 4.10. The average Bonchev–Trinajstić information content (AvgIpc) is 2.99. The Morgan fingerprint density at radius 3 is 2.59 bits per heavy atom. The SMILES string of the molecule is Cc1nsc(N=Nc2ccc(N(CCO)CCO)cc2NC(C)O)c1C#N. The fourth-order valence-electron chi connectivity index (χ4n) is 2.41. The number of aryl methyl sites for hydroxylation is 1. The van der Waals surface area contributed by atoms with E-state index in [1.165, 1.54) is 0 Å². The molecule has 0 aliphatic carbocycles. The molecule has 4 N–H and O–H groups in total. The lowest BCUT2D eigenvalue weighted by atomic mass is 10.2. The molecule has 0 bridgehead atoms. The average molecular weight is 390 g/mol. The Morgan fingerprint density at radius 1 is 1.30 bits per heavy atom. The van der Waals surface area contributed by atoms with E-state index in [9.17, 15) is 20.6 Å². The standard InChI is InChI=1S/C17H22N6O3S/c1-11-14(10-18)17(27-22-11)21-20-15-4-3-13(9-16(15)19-12(2)26)23(5-7-24)6-8-25/h3-4,9,12,19,24-26H,5-8H2,1-2H3. The number of aliphatic hydroxyl groups excluding tert-OH is 3. The summed E-state index contributed by atoms with van der Waals surface area (Å²) in [6.07, 6.45) is -0.821. The van der Waals surface area contributed by atoms with E-state index in [2.05, 4.69) is 26.0 Å². The van der Waals surface area contributed by atoms with Gasteiger partial charge in [-0.25, -0.2) is 0 Å². The second-order valence-electron chi connectivity index (χ2n) is 5.72. The molecule has 0 amide bonds. The van der Waals surface area contributed by atoms with Gasteiger partial charge in [0, 0.05) is 18.8 Å². The molecule has 2 aromatic rings. The van der Waals surface area contributed by atoms with Crippen molar-refractivity contribution in [1.82, 2.24) is 4.37 Å². The van der Waals surface area contributed by atoms with Crippen molar-refractivity contribution in [3.63, 3.8) is 0 Å². The molecular formula is C17H22N6O3S. The third kappa shape index (κ3) is 5.45. The zero-order valence-corrected chi connectivity index (χ0v) is 15.9. The highest BCUT2D eigenvalue weighted by atomic mass is 32.1. The minimum absolute atomic E-state index is 0.0533. The number of rotatable bonds is 9. The second-order valence-corrected chi connectivity index (χ2v) is 6.47. The number of benzene rings is 1. The molecule has 0 saturated carbocycles. The number of azo groups is 1. The number of aliphatic hydroxyl groups is 3. The Morgan fingerprint density at radius 2 is 2.00 bits per heavy atom. The van der Waals surface area contributed by atoms with Crippen molar-refractivity contribution >= 4 is 33.6 Å². The summed E-state index contributed by atoms with van der Waals surface area (Å²) in [6.45, 7) is 3.93. The fourth-order valence-corrected chi connectivity index (χ4v) is 3.09. The minimum atomic E-state index is -0.821. The summed E-state index contributed by atoms with van der Waals surface area (Å²) in [7, 11) is 0. The summed E-state index contributed by atoms with van der Waals surface area (Å²) in [4.78, 5) is 1.81. The van der Waals surface area contributed by atoms with Gasteiger partial charge in [-0.05, 0) is 43.6 Å². The Hall–Kier alpha value is -2.58. The molecule has 10 heteroatoms. The first-order chi connectivity index (χ1) is 13.0. The molecule has 0 spiro atoms. The maximum absolute atomic E-state index is 9.71. The van der Waals surface area contributed by atoms with E-state index in [0.29, 0.717) is 40.7 Å². The first-order valence-corrected chi connectivity index (χ1v) is 9.11. The highest BCUT2D eigenvalue weighted by molar-refractivity contribution is 7.10. The van der Waals surface area contributed by atoms with Gasteiger partial charge in [0.2, 0.25) is 0 Å². The van der Waals surface area contributed by atoms with Crippen LogP contribution in [-0.4, -0.2) is 52.2 Å². The number of hydrogen-bond donors (Lipinski definition) is 4. The molecule has 1 aromatic heterocycles. The van der Waals surface area contributed by atoms with Gasteiger partial charge < -0.3 is 25.5 Å². The van der Waals surface area contributed by atoms with Gasteiger partial charge in [-0.1, -0.05) is 0 Å². The smallest absolute Gasteiger partial charge is 0.176 e. The van der Waals surface area contributed by atoms with Crippen molar-refractivity contribution in [3.05, 3.63) is 29.5 Å². The molecule has 2 rings (SSSR count). The van der Waals surface area contributed by atoms with Gasteiger partial charge in [-0.15, -0.1) is 10.2 Å². The van der Waals surface area contributed by atoms with Gasteiger partial charge in [0.25, 0.3) is 0 Å².